The van der Waals surface area contributed by atoms with Gasteiger partial charge in [0.1, 0.15) is 0 Å². The first-order valence-corrected chi connectivity index (χ1v) is 7.86. The minimum Gasteiger partial charge on any atom is -0.322 e. The Balaban J connectivity index is 1.49. The molecule has 2 heterocycles. The molecular formula is C15H21ClN4O. The summed E-state index contributed by atoms with van der Waals surface area (Å²) in [7, 11) is 0. The van der Waals surface area contributed by atoms with Gasteiger partial charge in [0.05, 0.1) is 0 Å². The second-order valence-corrected chi connectivity index (χ2v) is 6.04. The minimum absolute atomic E-state index is 0.0264. The second-order valence-electron chi connectivity index (χ2n) is 5.61. The molecule has 2 aliphatic heterocycles. The topological polar surface area (TPSA) is 47.6 Å². The number of anilines is 1. The lowest BCUT2D eigenvalue weighted by molar-refractivity contribution is 0.119. The highest BCUT2D eigenvalue weighted by Crippen LogP contribution is 2.15. The number of piperazine rings is 1. The average molecular weight is 309 g/mol. The zero-order valence-electron chi connectivity index (χ0n) is 12.0. The molecule has 2 fully saturated rings. The molecule has 0 aromatic heterocycles. The first-order chi connectivity index (χ1) is 10.2. The number of hydrogen-bond acceptors (Lipinski definition) is 3. The Labute approximate surface area is 130 Å². The monoisotopic (exact) mass is 308 g/mol. The van der Waals surface area contributed by atoms with Crippen molar-refractivity contribution in [2.24, 2.45) is 0 Å². The van der Waals surface area contributed by atoms with Crippen LogP contribution in [0.3, 0.4) is 0 Å². The summed E-state index contributed by atoms with van der Waals surface area (Å²) >= 11 is 5.84. The van der Waals surface area contributed by atoms with Gasteiger partial charge in [-0.3, -0.25) is 4.90 Å². The molecule has 21 heavy (non-hydrogen) atoms. The molecule has 1 aromatic rings. The maximum Gasteiger partial charge on any atom is 0.321 e. The third kappa shape index (κ3) is 3.67. The van der Waals surface area contributed by atoms with E-state index < -0.39 is 0 Å². The van der Waals surface area contributed by atoms with Gasteiger partial charge >= 0.3 is 6.03 Å². The van der Waals surface area contributed by atoms with E-state index in [9.17, 15) is 4.79 Å². The lowest BCUT2D eigenvalue weighted by Crippen LogP contribution is -2.53. The van der Waals surface area contributed by atoms with E-state index in [0.29, 0.717) is 11.1 Å². The molecule has 114 valence electrons. The molecule has 0 saturated carbocycles. The van der Waals surface area contributed by atoms with Crippen LogP contribution in [0.1, 0.15) is 6.42 Å². The first kappa shape index (κ1) is 14.6. The molecule has 0 aliphatic carbocycles. The molecule has 3 rings (SSSR count). The van der Waals surface area contributed by atoms with Crippen LogP contribution in [0.4, 0.5) is 10.5 Å². The number of nitrogens with zero attached hydrogens (tertiary/aromatic N) is 2. The normalized spacial score (nSPS) is 23.3. The van der Waals surface area contributed by atoms with E-state index in [2.05, 4.69) is 15.5 Å². The molecule has 0 bridgehead atoms. The fourth-order valence-electron chi connectivity index (χ4n) is 2.98. The van der Waals surface area contributed by atoms with Gasteiger partial charge in [0.25, 0.3) is 0 Å². The van der Waals surface area contributed by atoms with Crippen LogP contribution in [0.15, 0.2) is 24.3 Å². The van der Waals surface area contributed by atoms with Crippen molar-refractivity contribution in [3.8, 4) is 0 Å². The summed E-state index contributed by atoms with van der Waals surface area (Å²) in [5.41, 5.74) is 0.784. The van der Waals surface area contributed by atoms with Crippen LogP contribution in [0.2, 0.25) is 5.02 Å². The van der Waals surface area contributed by atoms with Gasteiger partial charge in [-0.2, -0.15) is 0 Å². The standard InChI is InChI=1S/C15H21ClN4O/c16-12-1-3-13(4-2-12)18-15(21)20-9-7-19(8-10-20)14-5-6-17-11-14/h1-4,14,17H,5-11H2,(H,18,21). The lowest BCUT2D eigenvalue weighted by atomic mass is 10.2. The van der Waals surface area contributed by atoms with Crippen molar-refractivity contribution in [3.05, 3.63) is 29.3 Å². The van der Waals surface area contributed by atoms with Gasteiger partial charge in [0.2, 0.25) is 0 Å². The van der Waals surface area contributed by atoms with Crippen molar-refractivity contribution >= 4 is 23.3 Å². The number of halogens is 1. The quantitative estimate of drug-likeness (QED) is 0.876. The molecule has 2 N–H and O–H groups in total. The molecule has 1 unspecified atom stereocenters. The molecule has 1 aromatic carbocycles. The lowest BCUT2D eigenvalue weighted by Gasteiger charge is -2.37. The van der Waals surface area contributed by atoms with Crippen molar-refractivity contribution in [1.29, 1.82) is 0 Å². The number of amides is 2. The van der Waals surface area contributed by atoms with Gasteiger partial charge in [-0.15, -0.1) is 0 Å². The highest BCUT2D eigenvalue weighted by Gasteiger charge is 2.27. The Morgan fingerprint density at radius 3 is 2.52 bits per heavy atom. The minimum atomic E-state index is -0.0264. The fourth-order valence-corrected chi connectivity index (χ4v) is 3.10. The van der Waals surface area contributed by atoms with E-state index in [0.717, 1.165) is 45.0 Å². The van der Waals surface area contributed by atoms with Gasteiger partial charge in [0.15, 0.2) is 0 Å². The Morgan fingerprint density at radius 1 is 1.19 bits per heavy atom. The number of urea groups is 1. The Hall–Kier alpha value is -1.30. The average Bonchev–Trinajstić information content (AvgIpc) is 3.04. The number of hydrogen-bond donors (Lipinski definition) is 2. The van der Waals surface area contributed by atoms with E-state index in [1.54, 1.807) is 12.1 Å². The molecule has 2 aliphatic rings. The molecule has 2 amide bonds. The van der Waals surface area contributed by atoms with Crippen LogP contribution < -0.4 is 10.6 Å². The van der Waals surface area contributed by atoms with Gasteiger partial charge < -0.3 is 15.5 Å². The van der Waals surface area contributed by atoms with Gasteiger partial charge in [-0.25, -0.2) is 4.79 Å². The van der Waals surface area contributed by atoms with Gasteiger partial charge in [0, 0.05) is 49.5 Å². The maximum absolute atomic E-state index is 12.2. The van der Waals surface area contributed by atoms with Crippen molar-refractivity contribution < 1.29 is 4.79 Å². The van der Waals surface area contributed by atoms with E-state index in [-0.39, 0.29) is 6.03 Å². The molecule has 0 radical (unpaired) electrons. The van der Waals surface area contributed by atoms with Crippen molar-refractivity contribution in [2.75, 3.05) is 44.6 Å². The summed E-state index contributed by atoms with van der Waals surface area (Å²) in [6.07, 6.45) is 1.22. The molecule has 6 heteroatoms. The predicted octanol–water partition coefficient (Wildman–Crippen LogP) is 1.85. The SMILES string of the molecule is O=C(Nc1ccc(Cl)cc1)N1CCN(C2CCNC2)CC1. The van der Waals surface area contributed by atoms with Crippen LogP contribution in [-0.2, 0) is 0 Å². The van der Waals surface area contributed by atoms with Gasteiger partial charge in [-0.05, 0) is 37.2 Å². The number of rotatable bonds is 2. The first-order valence-electron chi connectivity index (χ1n) is 7.48. The van der Waals surface area contributed by atoms with E-state index in [4.69, 9.17) is 11.6 Å². The molecule has 0 spiro atoms. The second kappa shape index (κ2) is 6.64. The molecular weight excluding hydrogens is 288 g/mol. The van der Waals surface area contributed by atoms with Crippen LogP contribution in [-0.4, -0.2) is 61.1 Å². The zero-order valence-corrected chi connectivity index (χ0v) is 12.8. The third-order valence-corrected chi connectivity index (χ3v) is 4.50. The number of nitrogens with one attached hydrogen (secondary N) is 2. The van der Waals surface area contributed by atoms with E-state index in [1.807, 2.05) is 17.0 Å². The van der Waals surface area contributed by atoms with Crippen molar-refractivity contribution in [1.82, 2.24) is 15.1 Å². The Kier molecular flexibility index (Phi) is 4.63. The van der Waals surface area contributed by atoms with Crippen molar-refractivity contribution in [2.45, 2.75) is 12.5 Å². The summed E-state index contributed by atoms with van der Waals surface area (Å²) in [5, 5.41) is 6.99. The summed E-state index contributed by atoms with van der Waals surface area (Å²) < 4.78 is 0. The van der Waals surface area contributed by atoms with Crippen LogP contribution >= 0.6 is 11.6 Å². The van der Waals surface area contributed by atoms with Gasteiger partial charge in [-0.1, -0.05) is 11.6 Å². The Morgan fingerprint density at radius 2 is 1.90 bits per heavy atom. The summed E-state index contributed by atoms with van der Waals surface area (Å²) in [6.45, 7) is 5.69. The maximum atomic E-state index is 12.2. The zero-order chi connectivity index (χ0) is 14.7. The van der Waals surface area contributed by atoms with E-state index >= 15 is 0 Å². The molecule has 1 atom stereocenters. The van der Waals surface area contributed by atoms with Crippen molar-refractivity contribution in [3.63, 3.8) is 0 Å². The predicted molar refractivity (Wildman–Crippen MR) is 84.9 cm³/mol. The summed E-state index contributed by atoms with van der Waals surface area (Å²) in [5.74, 6) is 0. The largest absolute Gasteiger partial charge is 0.322 e. The van der Waals surface area contributed by atoms with Crippen LogP contribution in [0.25, 0.3) is 0 Å². The van der Waals surface area contributed by atoms with Crippen LogP contribution in [0, 0.1) is 0 Å². The highest BCUT2D eigenvalue weighted by molar-refractivity contribution is 6.30. The molecule has 5 nitrogen and oxygen atoms in total. The van der Waals surface area contributed by atoms with E-state index in [1.165, 1.54) is 6.42 Å². The number of benzene rings is 1. The van der Waals surface area contributed by atoms with Crippen LogP contribution in [0.5, 0.6) is 0 Å². The summed E-state index contributed by atoms with van der Waals surface area (Å²) in [6, 6.07) is 7.82. The summed E-state index contributed by atoms with van der Waals surface area (Å²) in [4.78, 5) is 16.6. The Bertz CT molecular complexity index is 479. The number of carbonyl (C=O) groups is 1. The fraction of sp³-hybridized carbons (Fsp3) is 0.533. The highest BCUT2D eigenvalue weighted by atomic mass is 35.5. The number of carbonyl (C=O) groups excluding carboxylic acids is 1. The smallest absolute Gasteiger partial charge is 0.321 e. The third-order valence-electron chi connectivity index (χ3n) is 4.25. The molecule has 2 saturated heterocycles.